The number of unbranched alkanes of at least 4 members (excludes halogenated alkanes) is 3. The molecule has 0 aliphatic rings. The Morgan fingerprint density at radius 2 is 1.82 bits per heavy atom. The lowest BCUT2D eigenvalue weighted by Gasteiger charge is -2.23. The van der Waals surface area contributed by atoms with Gasteiger partial charge in [-0.15, -0.1) is 0 Å². The molecule has 0 bridgehead atoms. The number of carboxylic acids is 1. The summed E-state index contributed by atoms with van der Waals surface area (Å²) in [4.78, 5) is 11.0. The first kappa shape index (κ1) is 16.4. The highest BCUT2D eigenvalue weighted by atomic mass is 16.5. The third-order valence-electron chi connectivity index (χ3n) is 3.13. The molecule has 0 amide bonds. The van der Waals surface area contributed by atoms with Crippen LogP contribution in [0.4, 0.5) is 0 Å². The minimum atomic E-state index is -0.803. The summed E-state index contributed by atoms with van der Waals surface area (Å²) in [6.45, 7) is 5.46. The highest BCUT2D eigenvalue weighted by Crippen LogP contribution is 2.13. The fourth-order valence-electron chi connectivity index (χ4n) is 1.58. The molecule has 0 fully saturated rings. The standard InChI is InChI=1S/C13H27NO3/c1-4-5-7-10-17-11-8-6-9-13(2,14-3)12(15)16/h14H,4-11H2,1-3H3,(H,15,16). The fourth-order valence-corrected chi connectivity index (χ4v) is 1.58. The van der Waals surface area contributed by atoms with Gasteiger partial charge in [0.1, 0.15) is 5.54 Å². The number of carbonyl (C=O) groups is 1. The van der Waals surface area contributed by atoms with E-state index in [2.05, 4.69) is 12.2 Å². The van der Waals surface area contributed by atoms with E-state index in [1.165, 1.54) is 12.8 Å². The average molecular weight is 245 g/mol. The Morgan fingerprint density at radius 1 is 1.24 bits per heavy atom. The molecular formula is C13H27NO3. The number of carboxylic acid groups (broad SMARTS) is 1. The maximum atomic E-state index is 11.0. The van der Waals surface area contributed by atoms with Gasteiger partial charge in [0.2, 0.25) is 0 Å². The van der Waals surface area contributed by atoms with Gasteiger partial charge in [-0.05, 0) is 39.7 Å². The van der Waals surface area contributed by atoms with Crippen molar-refractivity contribution in [1.82, 2.24) is 5.32 Å². The Kier molecular flexibility index (Phi) is 9.09. The Hall–Kier alpha value is -0.610. The number of rotatable bonds is 11. The third-order valence-corrected chi connectivity index (χ3v) is 3.13. The quantitative estimate of drug-likeness (QED) is 0.549. The van der Waals surface area contributed by atoms with Gasteiger partial charge < -0.3 is 15.2 Å². The second kappa shape index (κ2) is 9.42. The van der Waals surface area contributed by atoms with Gasteiger partial charge in [0.05, 0.1) is 0 Å². The van der Waals surface area contributed by atoms with E-state index >= 15 is 0 Å². The van der Waals surface area contributed by atoms with E-state index < -0.39 is 11.5 Å². The molecule has 0 aliphatic carbocycles. The Balaban J connectivity index is 3.47. The average Bonchev–Trinajstić information content (AvgIpc) is 2.32. The molecule has 0 radical (unpaired) electrons. The molecule has 17 heavy (non-hydrogen) atoms. The predicted octanol–water partition coefficient (Wildman–Crippen LogP) is 2.43. The van der Waals surface area contributed by atoms with Gasteiger partial charge in [-0.2, -0.15) is 0 Å². The number of hydrogen-bond donors (Lipinski definition) is 2. The molecule has 0 aliphatic heterocycles. The van der Waals surface area contributed by atoms with Crippen LogP contribution in [0.2, 0.25) is 0 Å². The van der Waals surface area contributed by atoms with Crippen molar-refractivity contribution in [2.24, 2.45) is 0 Å². The van der Waals surface area contributed by atoms with Crippen LogP contribution >= 0.6 is 0 Å². The topological polar surface area (TPSA) is 58.6 Å². The summed E-state index contributed by atoms with van der Waals surface area (Å²) in [5.74, 6) is -0.788. The van der Waals surface area contributed by atoms with Gasteiger partial charge >= 0.3 is 5.97 Å². The Bertz CT molecular complexity index is 209. The van der Waals surface area contributed by atoms with Gasteiger partial charge in [-0.1, -0.05) is 19.8 Å². The van der Waals surface area contributed by atoms with Crippen LogP contribution in [-0.2, 0) is 9.53 Å². The van der Waals surface area contributed by atoms with Crippen LogP contribution in [0, 0.1) is 0 Å². The lowest BCUT2D eigenvalue weighted by atomic mass is 9.95. The summed E-state index contributed by atoms with van der Waals surface area (Å²) in [5, 5.41) is 11.9. The van der Waals surface area contributed by atoms with Gasteiger partial charge in [0.15, 0.2) is 0 Å². The summed E-state index contributed by atoms with van der Waals surface area (Å²) < 4.78 is 5.48. The van der Waals surface area contributed by atoms with Crippen LogP contribution in [0.5, 0.6) is 0 Å². The molecule has 0 rings (SSSR count). The first-order chi connectivity index (χ1) is 8.06. The van der Waals surface area contributed by atoms with Crippen molar-refractivity contribution in [3.63, 3.8) is 0 Å². The zero-order chi connectivity index (χ0) is 13.1. The Morgan fingerprint density at radius 3 is 2.29 bits per heavy atom. The zero-order valence-electron chi connectivity index (χ0n) is 11.4. The van der Waals surface area contributed by atoms with Crippen molar-refractivity contribution in [1.29, 1.82) is 0 Å². The first-order valence-corrected chi connectivity index (χ1v) is 6.57. The monoisotopic (exact) mass is 245 g/mol. The summed E-state index contributed by atoms with van der Waals surface area (Å²) >= 11 is 0. The maximum Gasteiger partial charge on any atom is 0.323 e. The molecule has 0 saturated carbocycles. The van der Waals surface area contributed by atoms with E-state index in [1.54, 1.807) is 14.0 Å². The maximum absolute atomic E-state index is 11.0. The normalized spacial score (nSPS) is 14.5. The molecular weight excluding hydrogens is 218 g/mol. The minimum absolute atomic E-state index is 0.636. The molecule has 2 N–H and O–H groups in total. The molecule has 1 atom stereocenters. The number of hydrogen-bond acceptors (Lipinski definition) is 3. The summed E-state index contributed by atoms with van der Waals surface area (Å²) in [7, 11) is 1.69. The van der Waals surface area contributed by atoms with E-state index in [4.69, 9.17) is 9.84 Å². The van der Waals surface area contributed by atoms with Crippen LogP contribution in [0.1, 0.15) is 52.4 Å². The van der Waals surface area contributed by atoms with Crippen LogP contribution in [0.15, 0.2) is 0 Å². The SMILES string of the molecule is CCCCCOCCCCC(C)(NC)C(=O)O. The second-order valence-corrected chi connectivity index (χ2v) is 4.66. The molecule has 0 aromatic rings. The van der Waals surface area contributed by atoms with Crippen LogP contribution in [0.25, 0.3) is 0 Å². The van der Waals surface area contributed by atoms with Crippen molar-refractivity contribution in [3.8, 4) is 0 Å². The summed E-state index contributed by atoms with van der Waals surface area (Å²) in [5.41, 5.74) is -0.803. The number of nitrogens with one attached hydrogen (secondary N) is 1. The molecule has 0 aromatic carbocycles. The smallest absolute Gasteiger partial charge is 0.323 e. The minimum Gasteiger partial charge on any atom is -0.480 e. The molecule has 0 spiro atoms. The van der Waals surface area contributed by atoms with Crippen molar-refractivity contribution in [2.45, 2.75) is 57.9 Å². The lowest BCUT2D eigenvalue weighted by Crippen LogP contribution is -2.47. The molecule has 0 aromatic heterocycles. The zero-order valence-corrected chi connectivity index (χ0v) is 11.4. The summed E-state index contributed by atoms with van der Waals surface area (Å²) in [6, 6.07) is 0. The van der Waals surface area contributed by atoms with E-state index in [-0.39, 0.29) is 0 Å². The van der Waals surface area contributed by atoms with E-state index in [0.717, 1.165) is 32.5 Å². The van der Waals surface area contributed by atoms with Crippen LogP contribution in [-0.4, -0.2) is 36.9 Å². The Labute approximate surface area is 105 Å². The number of ether oxygens (including phenoxy) is 1. The molecule has 0 saturated heterocycles. The first-order valence-electron chi connectivity index (χ1n) is 6.57. The van der Waals surface area contributed by atoms with Gasteiger partial charge in [-0.25, -0.2) is 0 Å². The molecule has 0 heterocycles. The van der Waals surface area contributed by atoms with Gasteiger partial charge in [-0.3, -0.25) is 4.79 Å². The molecule has 102 valence electrons. The van der Waals surface area contributed by atoms with E-state index in [0.29, 0.717) is 6.42 Å². The number of aliphatic carboxylic acids is 1. The van der Waals surface area contributed by atoms with Gasteiger partial charge in [0, 0.05) is 13.2 Å². The van der Waals surface area contributed by atoms with Crippen molar-refractivity contribution in [3.05, 3.63) is 0 Å². The van der Waals surface area contributed by atoms with Gasteiger partial charge in [0.25, 0.3) is 0 Å². The van der Waals surface area contributed by atoms with E-state index in [9.17, 15) is 4.79 Å². The van der Waals surface area contributed by atoms with E-state index in [1.807, 2.05) is 0 Å². The third kappa shape index (κ3) is 7.34. The number of likely N-dealkylation sites (N-methyl/N-ethyl adjacent to an activating group) is 1. The van der Waals surface area contributed by atoms with Crippen molar-refractivity contribution < 1.29 is 14.6 Å². The largest absolute Gasteiger partial charge is 0.480 e. The highest BCUT2D eigenvalue weighted by Gasteiger charge is 2.29. The van der Waals surface area contributed by atoms with Crippen molar-refractivity contribution >= 4 is 5.97 Å². The van der Waals surface area contributed by atoms with Crippen LogP contribution < -0.4 is 5.32 Å². The highest BCUT2D eigenvalue weighted by molar-refractivity contribution is 5.78. The molecule has 4 nitrogen and oxygen atoms in total. The van der Waals surface area contributed by atoms with Crippen LogP contribution in [0.3, 0.4) is 0 Å². The molecule has 1 unspecified atom stereocenters. The predicted molar refractivity (Wildman–Crippen MR) is 69.3 cm³/mol. The summed E-state index contributed by atoms with van der Waals surface area (Å²) in [6.07, 6.45) is 5.99. The molecule has 4 heteroatoms. The lowest BCUT2D eigenvalue weighted by molar-refractivity contribution is -0.144. The second-order valence-electron chi connectivity index (χ2n) is 4.66. The fraction of sp³-hybridized carbons (Fsp3) is 0.923. The van der Waals surface area contributed by atoms with Crippen molar-refractivity contribution in [2.75, 3.05) is 20.3 Å².